The Labute approximate surface area is 197 Å². The van der Waals surface area contributed by atoms with Gasteiger partial charge < -0.3 is 35.9 Å². The van der Waals surface area contributed by atoms with Gasteiger partial charge in [0.1, 0.15) is 0 Å². The third-order valence-corrected chi connectivity index (χ3v) is 5.26. The number of halogens is 2. The van der Waals surface area contributed by atoms with Crippen LogP contribution in [0.3, 0.4) is 0 Å². The van der Waals surface area contributed by atoms with Crippen molar-refractivity contribution in [1.82, 2.24) is 5.32 Å². The van der Waals surface area contributed by atoms with Gasteiger partial charge in [0.2, 0.25) is 0 Å². The van der Waals surface area contributed by atoms with Crippen molar-refractivity contribution >= 4 is 11.9 Å². The summed E-state index contributed by atoms with van der Waals surface area (Å²) in [5.41, 5.74) is 14.6. The quantitative estimate of drug-likeness (QED) is 0.0699. The zero-order valence-corrected chi connectivity index (χ0v) is 20.8. The number of hydrogen-bond acceptors (Lipinski definition) is 1. The molecular formula is C22H49Cl2N5O. The van der Waals surface area contributed by atoms with Crippen LogP contribution in [0, 0.1) is 0 Å². The molecule has 0 spiro atoms. The van der Waals surface area contributed by atoms with Crippen LogP contribution < -0.4 is 52.3 Å². The van der Waals surface area contributed by atoms with E-state index < -0.39 is 0 Å². The lowest BCUT2D eigenvalue weighted by Crippen LogP contribution is -3.00. The molecule has 30 heavy (non-hydrogen) atoms. The van der Waals surface area contributed by atoms with Gasteiger partial charge in [-0.3, -0.25) is 21.3 Å². The van der Waals surface area contributed by atoms with E-state index in [9.17, 15) is 4.79 Å². The lowest BCUT2D eigenvalue weighted by atomic mass is 10.0. The first-order valence-electron chi connectivity index (χ1n) is 11.8. The average molecular weight is 471 g/mol. The predicted molar refractivity (Wildman–Crippen MR) is 118 cm³/mol. The summed E-state index contributed by atoms with van der Waals surface area (Å²) in [6.07, 6.45) is 20.5. The Kier molecular flexibility index (Phi) is 29.7. The Bertz CT molecular complexity index is 394. The molecule has 0 aromatic carbocycles. The van der Waals surface area contributed by atoms with Gasteiger partial charge in [-0.2, -0.15) is 0 Å². The van der Waals surface area contributed by atoms with Gasteiger partial charge in [0, 0.05) is 13.0 Å². The van der Waals surface area contributed by atoms with Crippen molar-refractivity contribution in [3.63, 3.8) is 0 Å². The van der Waals surface area contributed by atoms with Crippen LogP contribution in [0.15, 0.2) is 0 Å². The highest BCUT2D eigenvalue weighted by molar-refractivity contribution is 5.79. The topological polar surface area (TPSA) is 123 Å². The maximum Gasteiger partial charge on any atom is 0.338 e. The summed E-state index contributed by atoms with van der Waals surface area (Å²) in [5, 5.41) is 3.00. The number of guanidine groups is 1. The van der Waals surface area contributed by atoms with Crippen LogP contribution in [-0.4, -0.2) is 31.0 Å². The standard InChI is InChI=1S/C22H47N5O.2ClH/c1-2-3-4-5-6-7-8-9-10-11-12-13-14-15-18-26-21(28)20(23)17-16-19-27-22(24)25;;/h20H,2-19,23H2,1H3,(H,26,28)(H4,24,25,27);2*1H/t20-;;/m0../s1. The molecule has 0 aliphatic rings. The second-order valence-corrected chi connectivity index (χ2v) is 8.11. The van der Waals surface area contributed by atoms with Gasteiger partial charge in [-0.1, -0.05) is 90.4 Å². The molecule has 0 bridgehead atoms. The molecule has 0 fully saturated rings. The van der Waals surface area contributed by atoms with Gasteiger partial charge in [0.25, 0.3) is 5.91 Å². The molecule has 0 aliphatic carbocycles. The molecule has 182 valence electrons. The summed E-state index contributed by atoms with van der Waals surface area (Å²) in [5.74, 6) is 0.280. The Morgan fingerprint density at radius 1 is 0.800 bits per heavy atom. The molecular weight excluding hydrogens is 421 g/mol. The maximum atomic E-state index is 12.0. The van der Waals surface area contributed by atoms with Crippen molar-refractivity contribution in [3.05, 3.63) is 0 Å². The molecule has 6 nitrogen and oxygen atoms in total. The van der Waals surface area contributed by atoms with Gasteiger partial charge in [-0.15, -0.1) is 0 Å². The van der Waals surface area contributed by atoms with E-state index in [1.54, 1.807) is 0 Å². The summed E-state index contributed by atoms with van der Waals surface area (Å²) in [4.78, 5) is 14.8. The number of carbonyl (C=O) groups is 1. The molecule has 0 aliphatic heterocycles. The van der Waals surface area contributed by atoms with Crippen molar-refractivity contribution in [1.29, 1.82) is 0 Å². The molecule has 0 aromatic rings. The fourth-order valence-corrected chi connectivity index (χ4v) is 3.39. The lowest BCUT2D eigenvalue weighted by molar-refractivity contribution is -0.463. The fraction of sp³-hybridized carbons (Fsp3) is 0.909. The molecule has 0 saturated heterocycles. The third-order valence-electron chi connectivity index (χ3n) is 5.26. The van der Waals surface area contributed by atoms with Crippen LogP contribution in [0.25, 0.3) is 0 Å². The molecule has 1 atom stereocenters. The molecule has 0 heterocycles. The Morgan fingerprint density at radius 3 is 1.67 bits per heavy atom. The molecule has 0 saturated carbocycles. The van der Waals surface area contributed by atoms with E-state index in [4.69, 9.17) is 11.5 Å². The molecule has 1 amide bonds. The summed E-state index contributed by atoms with van der Waals surface area (Å²) in [6.45, 7) is 3.72. The number of hydrogen-bond donors (Lipinski definition) is 5. The van der Waals surface area contributed by atoms with Gasteiger partial charge in [-0.05, 0) is 12.8 Å². The van der Waals surface area contributed by atoms with E-state index in [1.165, 1.54) is 83.5 Å². The Morgan fingerprint density at radius 2 is 1.23 bits per heavy atom. The number of carbonyl (C=O) groups excluding carboxylic acids is 1. The molecule has 0 rings (SSSR count). The van der Waals surface area contributed by atoms with Crippen LogP contribution in [-0.2, 0) is 4.79 Å². The largest absolute Gasteiger partial charge is 1.00 e. The van der Waals surface area contributed by atoms with Crippen LogP contribution in [0.5, 0.6) is 0 Å². The van der Waals surface area contributed by atoms with E-state index >= 15 is 0 Å². The maximum absolute atomic E-state index is 12.0. The number of quaternary nitrogens is 1. The Hall–Kier alpha value is -0.720. The van der Waals surface area contributed by atoms with Crippen molar-refractivity contribution < 1.29 is 40.3 Å². The van der Waals surface area contributed by atoms with E-state index in [2.05, 4.69) is 23.0 Å². The van der Waals surface area contributed by atoms with Crippen LogP contribution in [0.4, 0.5) is 0 Å². The van der Waals surface area contributed by atoms with E-state index in [-0.39, 0.29) is 42.7 Å². The first-order chi connectivity index (χ1) is 13.6. The van der Waals surface area contributed by atoms with E-state index in [1.807, 2.05) is 0 Å². The highest BCUT2D eigenvalue weighted by Gasteiger charge is 2.15. The number of rotatable bonds is 20. The minimum atomic E-state index is -0.201. The van der Waals surface area contributed by atoms with Gasteiger partial charge >= 0.3 is 5.96 Å². The van der Waals surface area contributed by atoms with E-state index in [0.717, 1.165) is 25.8 Å². The molecule has 0 aromatic heterocycles. The average Bonchev–Trinajstić information content (AvgIpc) is 2.67. The zero-order valence-electron chi connectivity index (χ0n) is 19.3. The lowest BCUT2D eigenvalue weighted by Gasteiger charge is -2.09. The molecule has 8 heteroatoms. The van der Waals surface area contributed by atoms with Gasteiger partial charge in [0.15, 0.2) is 6.04 Å². The second kappa shape index (κ2) is 26.3. The van der Waals surface area contributed by atoms with Crippen molar-refractivity contribution in [3.8, 4) is 0 Å². The first kappa shape index (κ1) is 33.9. The van der Waals surface area contributed by atoms with Gasteiger partial charge in [-0.25, -0.2) is 0 Å². The number of nitrogens with one attached hydrogen (secondary N) is 2. The minimum Gasteiger partial charge on any atom is -1.00 e. The number of unbranched alkanes of at least 4 members (excludes halogenated alkanes) is 13. The van der Waals surface area contributed by atoms with Crippen molar-refractivity contribution in [2.45, 2.75) is 116 Å². The van der Waals surface area contributed by atoms with E-state index in [0.29, 0.717) is 6.54 Å². The molecule has 9 N–H and O–H groups in total. The van der Waals surface area contributed by atoms with Gasteiger partial charge in [0.05, 0.1) is 6.54 Å². The fourth-order valence-electron chi connectivity index (χ4n) is 3.39. The first-order valence-corrected chi connectivity index (χ1v) is 11.8. The number of amides is 1. The smallest absolute Gasteiger partial charge is 0.338 e. The SMILES string of the molecule is CCCCCCCCCCCCCCCCNC(=O)[C@@H]([NH3+])CCC[NH+]=C(N)N.[Cl-].[Cl-]. The summed E-state index contributed by atoms with van der Waals surface area (Å²) in [6, 6.07) is -0.201. The summed E-state index contributed by atoms with van der Waals surface area (Å²) >= 11 is 0. The van der Waals surface area contributed by atoms with Crippen LogP contribution >= 0.6 is 0 Å². The monoisotopic (exact) mass is 469 g/mol. The zero-order chi connectivity index (χ0) is 20.9. The summed E-state index contributed by atoms with van der Waals surface area (Å²) in [7, 11) is 0. The predicted octanol–water partition coefficient (Wildman–Crippen LogP) is -4.66. The van der Waals surface area contributed by atoms with Crippen LogP contribution in [0.1, 0.15) is 110 Å². The summed E-state index contributed by atoms with van der Waals surface area (Å²) < 4.78 is 0. The number of nitrogens with two attached hydrogens (primary N) is 2. The highest BCUT2D eigenvalue weighted by atomic mass is 35.5. The minimum absolute atomic E-state index is 0. The third kappa shape index (κ3) is 25.3. The van der Waals surface area contributed by atoms with Crippen molar-refractivity contribution in [2.75, 3.05) is 13.1 Å². The van der Waals surface area contributed by atoms with Crippen LogP contribution in [0.2, 0.25) is 0 Å². The molecule has 0 unspecified atom stereocenters. The van der Waals surface area contributed by atoms with Crippen molar-refractivity contribution in [2.24, 2.45) is 11.5 Å². The Balaban J connectivity index is -0.00000364. The molecule has 0 radical (unpaired) electrons. The highest BCUT2D eigenvalue weighted by Crippen LogP contribution is 2.12. The second-order valence-electron chi connectivity index (χ2n) is 8.11. The normalized spacial score (nSPS) is 11.1.